The Hall–Kier alpha value is -3.02. The van der Waals surface area contributed by atoms with Gasteiger partial charge in [-0.3, -0.25) is 19.1 Å². The monoisotopic (exact) mass is 365 g/mol. The van der Waals surface area contributed by atoms with Crippen LogP contribution in [0.1, 0.15) is 56.2 Å². The van der Waals surface area contributed by atoms with E-state index in [4.69, 9.17) is 0 Å². The topological polar surface area (TPSA) is 85.1 Å². The van der Waals surface area contributed by atoms with Gasteiger partial charge in [0.2, 0.25) is 0 Å². The number of rotatable bonds is 5. The van der Waals surface area contributed by atoms with Crippen molar-refractivity contribution in [3.05, 3.63) is 58.4 Å². The summed E-state index contributed by atoms with van der Waals surface area (Å²) in [7, 11) is 0. The third-order valence-corrected chi connectivity index (χ3v) is 4.34. The number of aromatic hydroxyl groups is 1. The summed E-state index contributed by atoms with van der Waals surface area (Å²) < 4.78 is 1.52. The highest BCUT2D eigenvalue weighted by Gasteiger charge is 2.22. The standard InChI is InChI=1S/C21H23N3O3/c1-12(2)10-17(26)18-16(25)8-7-15-19(18)23-20(13(3)4)24(21(15)27)14-6-5-9-22-11-14/h5-9,11-13,25H,10H2,1-4H3. The molecule has 0 fully saturated rings. The second-order valence-electron chi connectivity index (χ2n) is 7.35. The first-order valence-electron chi connectivity index (χ1n) is 9.03. The number of benzene rings is 1. The first-order valence-corrected chi connectivity index (χ1v) is 9.03. The van der Waals surface area contributed by atoms with Gasteiger partial charge in [-0.15, -0.1) is 0 Å². The lowest BCUT2D eigenvalue weighted by molar-refractivity contribution is 0.0967. The summed E-state index contributed by atoms with van der Waals surface area (Å²) >= 11 is 0. The number of phenolic OH excluding ortho intramolecular Hbond substituents is 1. The summed E-state index contributed by atoms with van der Waals surface area (Å²) in [6, 6.07) is 6.45. The summed E-state index contributed by atoms with van der Waals surface area (Å²) in [5.74, 6) is 0.220. The minimum atomic E-state index is -0.282. The Bertz CT molecular complexity index is 1050. The van der Waals surface area contributed by atoms with Crippen molar-refractivity contribution in [2.24, 2.45) is 5.92 Å². The lowest BCUT2D eigenvalue weighted by Gasteiger charge is -2.17. The van der Waals surface area contributed by atoms with Gasteiger partial charge < -0.3 is 5.11 Å². The highest BCUT2D eigenvalue weighted by molar-refractivity contribution is 6.09. The molecule has 0 atom stereocenters. The van der Waals surface area contributed by atoms with E-state index in [0.717, 1.165) is 0 Å². The molecule has 0 saturated carbocycles. The van der Waals surface area contributed by atoms with Crippen LogP contribution in [0, 0.1) is 5.92 Å². The van der Waals surface area contributed by atoms with Crippen molar-refractivity contribution in [2.75, 3.05) is 0 Å². The molecule has 3 rings (SSSR count). The van der Waals surface area contributed by atoms with E-state index in [0.29, 0.717) is 16.9 Å². The van der Waals surface area contributed by atoms with Gasteiger partial charge in [-0.25, -0.2) is 4.98 Å². The summed E-state index contributed by atoms with van der Waals surface area (Å²) in [6.07, 6.45) is 3.52. The molecule has 0 radical (unpaired) electrons. The van der Waals surface area contributed by atoms with Crippen molar-refractivity contribution in [3.8, 4) is 11.4 Å². The maximum atomic E-state index is 13.3. The normalized spacial score (nSPS) is 11.5. The Balaban J connectivity index is 2.38. The van der Waals surface area contributed by atoms with Gasteiger partial charge in [-0.1, -0.05) is 27.7 Å². The van der Waals surface area contributed by atoms with E-state index >= 15 is 0 Å². The number of hydrogen-bond acceptors (Lipinski definition) is 5. The number of ketones is 1. The predicted molar refractivity (Wildman–Crippen MR) is 105 cm³/mol. The van der Waals surface area contributed by atoms with Crippen LogP contribution in [-0.4, -0.2) is 25.4 Å². The predicted octanol–water partition coefficient (Wildman–Crippen LogP) is 3.84. The van der Waals surface area contributed by atoms with E-state index in [1.165, 1.54) is 16.7 Å². The molecular weight excluding hydrogens is 342 g/mol. The molecule has 0 aliphatic heterocycles. The van der Waals surface area contributed by atoms with Gasteiger partial charge in [-0.05, 0) is 30.2 Å². The zero-order valence-corrected chi connectivity index (χ0v) is 15.9. The van der Waals surface area contributed by atoms with Crippen molar-refractivity contribution in [2.45, 2.75) is 40.0 Å². The first-order chi connectivity index (χ1) is 12.8. The zero-order valence-electron chi connectivity index (χ0n) is 15.9. The number of Topliss-reactive ketones (excluding diaryl/α,β-unsaturated/α-hetero) is 1. The molecule has 0 unspecified atom stereocenters. The molecule has 6 nitrogen and oxygen atoms in total. The van der Waals surface area contributed by atoms with Crippen molar-refractivity contribution in [1.82, 2.24) is 14.5 Å². The van der Waals surface area contributed by atoms with Gasteiger partial charge in [0.1, 0.15) is 11.6 Å². The Morgan fingerprint density at radius 1 is 1.19 bits per heavy atom. The third-order valence-electron chi connectivity index (χ3n) is 4.34. The molecule has 0 aliphatic rings. The maximum absolute atomic E-state index is 13.3. The van der Waals surface area contributed by atoms with E-state index in [9.17, 15) is 14.7 Å². The first kappa shape index (κ1) is 18.8. The highest BCUT2D eigenvalue weighted by atomic mass is 16.3. The minimum Gasteiger partial charge on any atom is -0.507 e. The van der Waals surface area contributed by atoms with Gasteiger partial charge in [0.25, 0.3) is 5.56 Å². The van der Waals surface area contributed by atoms with E-state index < -0.39 is 0 Å². The summed E-state index contributed by atoms with van der Waals surface area (Å²) in [6.45, 7) is 7.72. The number of hydrogen-bond donors (Lipinski definition) is 1. The van der Waals surface area contributed by atoms with Crippen molar-refractivity contribution in [3.63, 3.8) is 0 Å². The van der Waals surface area contributed by atoms with Gasteiger partial charge in [-0.2, -0.15) is 0 Å². The Morgan fingerprint density at radius 3 is 2.52 bits per heavy atom. The number of carbonyl (C=O) groups excluding carboxylic acids is 1. The van der Waals surface area contributed by atoms with E-state index in [-0.39, 0.29) is 46.4 Å². The lowest BCUT2D eigenvalue weighted by Crippen LogP contribution is -2.25. The molecule has 1 aromatic carbocycles. The Morgan fingerprint density at radius 2 is 1.93 bits per heavy atom. The number of carbonyl (C=O) groups is 1. The second-order valence-corrected chi connectivity index (χ2v) is 7.35. The largest absolute Gasteiger partial charge is 0.507 e. The van der Waals surface area contributed by atoms with Gasteiger partial charge >= 0.3 is 0 Å². The molecule has 2 heterocycles. The highest BCUT2D eigenvalue weighted by Crippen LogP contribution is 2.28. The third kappa shape index (κ3) is 3.47. The van der Waals surface area contributed by atoms with Crippen LogP contribution in [0.2, 0.25) is 0 Å². The smallest absolute Gasteiger partial charge is 0.266 e. The van der Waals surface area contributed by atoms with E-state index in [1.807, 2.05) is 27.7 Å². The second kappa shape index (κ2) is 7.31. The number of phenols is 1. The van der Waals surface area contributed by atoms with Gasteiger partial charge in [0.15, 0.2) is 5.78 Å². The van der Waals surface area contributed by atoms with Crippen molar-refractivity contribution >= 4 is 16.7 Å². The van der Waals surface area contributed by atoms with Gasteiger partial charge in [0, 0.05) is 18.5 Å². The van der Waals surface area contributed by atoms with Crippen LogP contribution < -0.4 is 5.56 Å². The molecule has 6 heteroatoms. The van der Waals surface area contributed by atoms with Gasteiger partial charge in [0.05, 0.1) is 28.4 Å². The number of fused-ring (bicyclic) bond motifs is 1. The molecule has 0 amide bonds. The number of nitrogens with zero attached hydrogens (tertiary/aromatic N) is 3. The average Bonchev–Trinajstić information content (AvgIpc) is 2.61. The van der Waals surface area contributed by atoms with E-state index in [1.54, 1.807) is 24.5 Å². The molecule has 0 bridgehead atoms. The Kier molecular flexibility index (Phi) is 5.08. The minimum absolute atomic E-state index is 0.0716. The van der Waals surface area contributed by atoms with Crippen LogP contribution in [0.25, 0.3) is 16.6 Å². The van der Waals surface area contributed by atoms with Crippen LogP contribution in [-0.2, 0) is 0 Å². The fraction of sp³-hybridized carbons (Fsp3) is 0.333. The van der Waals surface area contributed by atoms with Crippen LogP contribution in [0.15, 0.2) is 41.5 Å². The van der Waals surface area contributed by atoms with Crippen LogP contribution in [0.5, 0.6) is 5.75 Å². The fourth-order valence-corrected chi connectivity index (χ4v) is 3.13. The molecule has 0 aliphatic carbocycles. The lowest BCUT2D eigenvalue weighted by atomic mass is 9.98. The molecule has 1 N–H and O–H groups in total. The molecule has 140 valence electrons. The van der Waals surface area contributed by atoms with E-state index in [2.05, 4.69) is 9.97 Å². The zero-order chi connectivity index (χ0) is 19.7. The molecule has 3 aromatic rings. The molecular formula is C21H23N3O3. The van der Waals surface area contributed by atoms with Crippen LogP contribution in [0.3, 0.4) is 0 Å². The summed E-state index contributed by atoms with van der Waals surface area (Å²) in [5.41, 5.74) is 0.715. The average molecular weight is 365 g/mol. The molecule has 27 heavy (non-hydrogen) atoms. The summed E-state index contributed by atoms with van der Waals surface area (Å²) in [4.78, 5) is 34.7. The maximum Gasteiger partial charge on any atom is 0.266 e. The quantitative estimate of drug-likeness (QED) is 0.695. The number of aromatic nitrogens is 3. The SMILES string of the molecule is CC(C)CC(=O)c1c(O)ccc2c(=O)n(-c3cccnc3)c(C(C)C)nc12. The van der Waals surface area contributed by atoms with Crippen molar-refractivity contribution in [1.29, 1.82) is 0 Å². The molecule has 0 saturated heterocycles. The number of pyridine rings is 1. The molecule has 0 spiro atoms. The fourth-order valence-electron chi connectivity index (χ4n) is 3.13. The summed E-state index contributed by atoms with van der Waals surface area (Å²) in [5, 5.41) is 10.6. The van der Waals surface area contributed by atoms with Crippen LogP contribution in [0.4, 0.5) is 0 Å². The van der Waals surface area contributed by atoms with Crippen LogP contribution >= 0.6 is 0 Å². The molecule has 2 aromatic heterocycles. The van der Waals surface area contributed by atoms with Crippen molar-refractivity contribution < 1.29 is 9.90 Å². The Labute approximate surface area is 157 Å².